The molecule has 0 aromatic carbocycles. The van der Waals surface area contributed by atoms with Crippen molar-refractivity contribution < 1.29 is 18.9 Å². The molecule has 1 fully saturated rings. The molecule has 9 nitrogen and oxygen atoms in total. The van der Waals surface area contributed by atoms with E-state index in [1.807, 2.05) is 0 Å². The van der Waals surface area contributed by atoms with Gasteiger partial charge in [0.15, 0.2) is 5.76 Å². The van der Waals surface area contributed by atoms with E-state index in [4.69, 9.17) is 4.42 Å². The molecule has 1 aromatic heterocycles. The Bertz CT molecular complexity index is 550. The van der Waals surface area contributed by atoms with E-state index in [1.165, 1.54) is 18.0 Å². The summed E-state index contributed by atoms with van der Waals surface area (Å²) in [6.45, 7) is 2.58. The summed E-state index contributed by atoms with van der Waals surface area (Å²) in [4.78, 5) is 36.7. The van der Waals surface area contributed by atoms with Crippen molar-refractivity contribution in [3.8, 4) is 0 Å². The third-order valence-electron chi connectivity index (χ3n) is 3.17. The third-order valence-corrected chi connectivity index (χ3v) is 3.17. The number of piperazine rings is 1. The maximum atomic E-state index is 12.0. The second-order valence-corrected chi connectivity index (χ2v) is 4.69. The minimum atomic E-state index is -0.720. The van der Waals surface area contributed by atoms with Gasteiger partial charge in [-0.15, -0.1) is 0 Å². The second-order valence-electron chi connectivity index (χ2n) is 4.69. The quantitative estimate of drug-likeness (QED) is 0.603. The highest BCUT2D eigenvalue weighted by Crippen LogP contribution is 2.16. The maximum Gasteiger partial charge on any atom is 0.433 e. The number of amides is 2. The smallest absolute Gasteiger partial charge is 0.395 e. The van der Waals surface area contributed by atoms with Gasteiger partial charge in [0.05, 0.1) is 12.6 Å². The molecule has 0 radical (unpaired) electrons. The van der Waals surface area contributed by atoms with Crippen LogP contribution in [0.25, 0.3) is 0 Å². The van der Waals surface area contributed by atoms with Crippen LogP contribution in [0, 0.1) is 10.1 Å². The van der Waals surface area contributed by atoms with Crippen LogP contribution in [0.4, 0.5) is 5.88 Å². The zero-order chi connectivity index (χ0) is 15.4. The Morgan fingerprint density at radius 2 is 2.10 bits per heavy atom. The average molecular weight is 296 g/mol. The van der Waals surface area contributed by atoms with E-state index in [0.29, 0.717) is 13.1 Å². The van der Waals surface area contributed by atoms with Crippen LogP contribution in [-0.4, -0.2) is 66.3 Å². The molecule has 2 rings (SSSR count). The van der Waals surface area contributed by atoms with Gasteiger partial charge in [-0.3, -0.25) is 19.7 Å². The highest BCUT2D eigenvalue weighted by atomic mass is 16.6. The molecule has 1 aromatic rings. The Morgan fingerprint density at radius 1 is 1.43 bits per heavy atom. The van der Waals surface area contributed by atoms with Gasteiger partial charge in [0.1, 0.15) is 4.92 Å². The molecule has 21 heavy (non-hydrogen) atoms. The molecule has 0 spiro atoms. The number of nitrogens with one attached hydrogen (secondary N) is 1. The van der Waals surface area contributed by atoms with Crippen molar-refractivity contribution in [2.24, 2.45) is 0 Å². The van der Waals surface area contributed by atoms with Crippen LogP contribution in [0.3, 0.4) is 0 Å². The Kier molecular flexibility index (Phi) is 4.53. The number of nitro groups is 1. The molecule has 9 heteroatoms. The largest absolute Gasteiger partial charge is 0.433 e. The fraction of sp³-hybridized carbons (Fsp3) is 0.500. The summed E-state index contributed by atoms with van der Waals surface area (Å²) in [5.74, 6) is -1.38. The fourth-order valence-corrected chi connectivity index (χ4v) is 2.02. The summed E-state index contributed by atoms with van der Waals surface area (Å²) in [7, 11) is 1.46. The molecule has 1 saturated heterocycles. The Labute approximate surface area is 120 Å². The first kappa shape index (κ1) is 15.0. The lowest BCUT2D eigenvalue weighted by Crippen LogP contribution is -2.49. The van der Waals surface area contributed by atoms with Crippen molar-refractivity contribution in [2.75, 3.05) is 39.8 Å². The second kappa shape index (κ2) is 6.35. The summed E-state index contributed by atoms with van der Waals surface area (Å²) >= 11 is 0. The molecule has 1 aliphatic heterocycles. The van der Waals surface area contributed by atoms with E-state index in [-0.39, 0.29) is 18.2 Å². The van der Waals surface area contributed by atoms with E-state index in [1.54, 1.807) is 4.90 Å². The van der Waals surface area contributed by atoms with Gasteiger partial charge in [0.2, 0.25) is 5.91 Å². The topological polar surface area (TPSA) is 109 Å². The van der Waals surface area contributed by atoms with Gasteiger partial charge < -0.3 is 19.5 Å². The van der Waals surface area contributed by atoms with E-state index >= 15 is 0 Å². The van der Waals surface area contributed by atoms with Crippen molar-refractivity contribution in [3.05, 3.63) is 28.0 Å². The van der Waals surface area contributed by atoms with Crippen molar-refractivity contribution >= 4 is 17.7 Å². The first-order valence-electron chi connectivity index (χ1n) is 6.47. The molecule has 0 atom stereocenters. The minimum absolute atomic E-state index is 0.0899. The Morgan fingerprint density at radius 3 is 2.67 bits per heavy atom. The highest BCUT2D eigenvalue weighted by Gasteiger charge is 2.24. The molecule has 2 heterocycles. The molecular weight excluding hydrogens is 280 g/mol. The summed E-state index contributed by atoms with van der Waals surface area (Å²) in [5.41, 5.74) is 0. The van der Waals surface area contributed by atoms with E-state index in [2.05, 4.69) is 5.32 Å². The van der Waals surface area contributed by atoms with Crippen LogP contribution in [0.1, 0.15) is 10.6 Å². The van der Waals surface area contributed by atoms with Gasteiger partial charge >= 0.3 is 5.88 Å². The van der Waals surface area contributed by atoms with Crippen LogP contribution in [0.2, 0.25) is 0 Å². The lowest BCUT2D eigenvalue weighted by atomic mass is 10.3. The minimum Gasteiger partial charge on any atom is -0.395 e. The van der Waals surface area contributed by atoms with Gasteiger partial charge in [-0.05, 0) is 6.07 Å². The van der Waals surface area contributed by atoms with E-state index in [0.717, 1.165) is 19.2 Å². The van der Waals surface area contributed by atoms with Gasteiger partial charge in [-0.25, -0.2) is 0 Å². The van der Waals surface area contributed by atoms with Crippen LogP contribution in [0.5, 0.6) is 0 Å². The molecule has 0 saturated carbocycles. The van der Waals surface area contributed by atoms with Crippen molar-refractivity contribution in [2.45, 2.75) is 0 Å². The SMILES string of the molecule is CN(CC(=O)N1CCNCC1)C(=O)c1ccc([N+](=O)[O-])o1. The summed E-state index contributed by atoms with van der Waals surface area (Å²) < 4.78 is 4.83. The van der Waals surface area contributed by atoms with Crippen LogP contribution in [-0.2, 0) is 4.79 Å². The summed E-state index contributed by atoms with van der Waals surface area (Å²) in [6.07, 6.45) is 0. The maximum absolute atomic E-state index is 12.0. The molecule has 1 N–H and O–H groups in total. The Balaban J connectivity index is 1.95. The van der Waals surface area contributed by atoms with Gasteiger partial charge in [0.25, 0.3) is 5.91 Å². The number of nitrogens with zero attached hydrogens (tertiary/aromatic N) is 3. The monoisotopic (exact) mass is 296 g/mol. The van der Waals surface area contributed by atoms with Gasteiger partial charge in [0, 0.05) is 33.2 Å². The van der Waals surface area contributed by atoms with Crippen LogP contribution < -0.4 is 5.32 Å². The number of carbonyl (C=O) groups is 2. The molecular formula is C12H16N4O5. The van der Waals surface area contributed by atoms with E-state index < -0.39 is 16.7 Å². The van der Waals surface area contributed by atoms with Crippen molar-refractivity contribution in [1.29, 1.82) is 0 Å². The van der Waals surface area contributed by atoms with E-state index in [9.17, 15) is 19.7 Å². The lowest BCUT2D eigenvalue weighted by molar-refractivity contribution is -0.402. The first-order chi connectivity index (χ1) is 9.99. The number of hydrogen-bond acceptors (Lipinski definition) is 6. The van der Waals surface area contributed by atoms with Crippen molar-refractivity contribution in [1.82, 2.24) is 15.1 Å². The number of rotatable bonds is 4. The summed E-state index contributed by atoms with van der Waals surface area (Å²) in [5, 5.41) is 13.6. The molecule has 0 aliphatic carbocycles. The van der Waals surface area contributed by atoms with Crippen LogP contribution in [0.15, 0.2) is 16.5 Å². The molecule has 114 valence electrons. The van der Waals surface area contributed by atoms with Gasteiger partial charge in [-0.2, -0.15) is 0 Å². The molecule has 0 bridgehead atoms. The fourth-order valence-electron chi connectivity index (χ4n) is 2.02. The number of hydrogen-bond donors (Lipinski definition) is 1. The van der Waals surface area contributed by atoms with Crippen LogP contribution >= 0.6 is 0 Å². The molecule has 2 amide bonds. The molecule has 0 unspecified atom stereocenters. The predicted octanol–water partition coefficient (Wildman–Crippen LogP) is -0.308. The lowest BCUT2D eigenvalue weighted by Gasteiger charge is -2.29. The highest BCUT2D eigenvalue weighted by molar-refractivity contribution is 5.94. The predicted molar refractivity (Wildman–Crippen MR) is 71.8 cm³/mol. The third kappa shape index (κ3) is 3.57. The average Bonchev–Trinajstić information content (AvgIpc) is 2.97. The van der Waals surface area contributed by atoms with Gasteiger partial charge in [-0.1, -0.05) is 0 Å². The zero-order valence-electron chi connectivity index (χ0n) is 11.6. The Hall–Kier alpha value is -2.42. The number of carbonyl (C=O) groups excluding carboxylic acids is 2. The number of likely N-dealkylation sites (N-methyl/N-ethyl adjacent to an activating group) is 1. The summed E-state index contributed by atoms with van der Waals surface area (Å²) in [6, 6.07) is 2.34. The zero-order valence-corrected chi connectivity index (χ0v) is 11.6. The van der Waals surface area contributed by atoms with Crippen molar-refractivity contribution in [3.63, 3.8) is 0 Å². The molecule has 1 aliphatic rings. The normalized spacial score (nSPS) is 14.8. The number of furan rings is 1. The standard InChI is InChI=1S/C12H16N4O5/c1-14(8-10(17)15-6-4-13-5-7-15)12(18)9-2-3-11(21-9)16(19)20/h2-3,13H,4-8H2,1H3. The first-order valence-corrected chi connectivity index (χ1v) is 6.47.